The Hall–Kier alpha value is -0.250. The van der Waals surface area contributed by atoms with Gasteiger partial charge in [-0.15, -0.1) is 0 Å². The van der Waals surface area contributed by atoms with E-state index in [4.69, 9.17) is 34.8 Å². The van der Waals surface area contributed by atoms with Gasteiger partial charge in [0.05, 0.1) is 0 Å². The van der Waals surface area contributed by atoms with Crippen LogP contribution in [0.1, 0.15) is 0 Å². The lowest BCUT2D eigenvalue weighted by atomic mass is 10.3. The summed E-state index contributed by atoms with van der Waals surface area (Å²) in [6.07, 6.45) is 0. The smallest absolute Gasteiger partial charge is 0.390 e. The number of alkyl halides is 5. The molecule has 14 heavy (non-hydrogen) atoms. The molecule has 0 aliphatic rings. The average Bonchev–Trinajstić information content (AvgIpc) is 2.03. The van der Waals surface area contributed by atoms with Crippen molar-refractivity contribution in [1.29, 1.82) is 0 Å². The van der Waals surface area contributed by atoms with Crippen molar-refractivity contribution in [2.75, 3.05) is 0 Å². The third-order valence-corrected chi connectivity index (χ3v) is 2.34. The Labute approximate surface area is 94.5 Å². The number of hydrogen-bond acceptors (Lipinski definition) is 1. The zero-order chi connectivity index (χ0) is 10.8. The average molecular weight is 261 g/mol. The summed E-state index contributed by atoms with van der Waals surface area (Å²) in [5.41, 5.74) is 0. The molecule has 1 aromatic carbocycles. The zero-order valence-electron chi connectivity index (χ0n) is 6.68. The van der Waals surface area contributed by atoms with Crippen molar-refractivity contribution < 1.29 is 13.5 Å². The Morgan fingerprint density at radius 1 is 1.00 bits per heavy atom. The van der Waals surface area contributed by atoms with E-state index in [2.05, 4.69) is 4.74 Å². The lowest BCUT2D eigenvalue weighted by molar-refractivity contribution is -0.0340. The van der Waals surface area contributed by atoms with E-state index in [1.54, 1.807) is 18.2 Å². The molecule has 1 unspecified atom stereocenters. The van der Waals surface area contributed by atoms with Crippen LogP contribution in [0.3, 0.4) is 0 Å². The van der Waals surface area contributed by atoms with Crippen molar-refractivity contribution in [3.05, 3.63) is 30.3 Å². The number of halogens is 5. The molecule has 0 fully saturated rings. The van der Waals surface area contributed by atoms with Crippen LogP contribution in [0.25, 0.3) is 0 Å². The molecule has 0 spiro atoms. The lowest BCUT2D eigenvalue weighted by Crippen LogP contribution is -2.39. The van der Waals surface area contributed by atoms with E-state index in [9.17, 15) is 8.78 Å². The molecule has 1 atom stereocenters. The summed E-state index contributed by atoms with van der Waals surface area (Å²) >= 11 is 14.7. The van der Waals surface area contributed by atoms with Crippen LogP contribution in [-0.2, 0) is 0 Å². The van der Waals surface area contributed by atoms with Crippen LogP contribution in [-0.4, -0.2) is 9.90 Å². The summed E-state index contributed by atoms with van der Waals surface area (Å²) in [6.45, 7) is 0. The number of benzene rings is 1. The van der Waals surface area contributed by atoms with E-state index >= 15 is 0 Å². The highest BCUT2D eigenvalue weighted by Gasteiger charge is 2.53. The number of hydrogen-bond donors (Lipinski definition) is 0. The Balaban J connectivity index is 2.79. The van der Waals surface area contributed by atoms with Crippen molar-refractivity contribution >= 4 is 34.8 Å². The topological polar surface area (TPSA) is 9.23 Å². The molecule has 0 N–H and O–H groups in total. The molecule has 0 saturated carbocycles. The second-order valence-corrected chi connectivity index (χ2v) is 4.15. The summed E-state index contributed by atoms with van der Waals surface area (Å²) in [4.78, 5) is 0. The van der Waals surface area contributed by atoms with Crippen molar-refractivity contribution in [1.82, 2.24) is 0 Å². The third-order valence-electron chi connectivity index (χ3n) is 1.32. The van der Waals surface area contributed by atoms with Gasteiger partial charge in [-0.1, -0.05) is 41.4 Å². The van der Waals surface area contributed by atoms with Gasteiger partial charge >= 0.3 is 9.90 Å². The van der Waals surface area contributed by atoms with Crippen molar-refractivity contribution in [2.24, 2.45) is 0 Å². The largest absolute Gasteiger partial charge is 0.441 e. The summed E-state index contributed by atoms with van der Waals surface area (Å²) < 4.78 is 27.0. The second kappa shape index (κ2) is 4.09. The lowest BCUT2D eigenvalue weighted by Gasteiger charge is -2.24. The van der Waals surface area contributed by atoms with Crippen molar-refractivity contribution in [3.8, 4) is 5.75 Å². The Morgan fingerprint density at radius 2 is 1.50 bits per heavy atom. The maximum Gasteiger partial charge on any atom is 0.390 e. The molecule has 0 aliphatic heterocycles. The third kappa shape index (κ3) is 2.87. The second-order valence-electron chi connectivity index (χ2n) is 2.43. The number of rotatable bonds is 3. The van der Waals surface area contributed by atoms with Crippen molar-refractivity contribution in [3.63, 3.8) is 0 Å². The summed E-state index contributed by atoms with van der Waals surface area (Å²) in [5.74, 6) is 0.0216. The van der Waals surface area contributed by atoms with Gasteiger partial charge in [-0.3, -0.25) is 0 Å². The predicted octanol–water partition coefficient (Wildman–Crippen LogP) is 4.03. The first kappa shape index (κ1) is 11.8. The molecule has 0 amide bonds. The van der Waals surface area contributed by atoms with Crippen molar-refractivity contribution in [2.45, 2.75) is 9.90 Å². The maximum absolute atomic E-state index is 13.2. The fourth-order valence-electron chi connectivity index (χ4n) is 0.694. The molecule has 0 radical (unpaired) electrons. The molecule has 0 heterocycles. The molecule has 0 saturated heterocycles. The minimum Gasteiger partial charge on any atom is -0.441 e. The summed E-state index contributed by atoms with van der Waals surface area (Å²) in [7, 11) is 0. The molecule has 0 aromatic heterocycles. The van der Waals surface area contributed by atoms with Crippen LogP contribution < -0.4 is 4.74 Å². The van der Waals surface area contributed by atoms with Gasteiger partial charge in [-0.05, 0) is 23.7 Å². The summed E-state index contributed by atoms with van der Waals surface area (Å²) in [5, 5.41) is -3.32. The maximum atomic E-state index is 13.2. The first-order valence-electron chi connectivity index (χ1n) is 3.51. The quantitative estimate of drug-likeness (QED) is 0.747. The molecule has 78 valence electrons. The minimum atomic E-state index is -3.33. The van der Waals surface area contributed by atoms with E-state index in [0.717, 1.165) is 0 Å². The van der Waals surface area contributed by atoms with Crippen LogP contribution in [0.15, 0.2) is 30.3 Å². The van der Waals surface area contributed by atoms with Crippen LogP contribution in [0.5, 0.6) is 5.75 Å². The Kier molecular flexibility index (Phi) is 3.45. The predicted molar refractivity (Wildman–Crippen MR) is 52.3 cm³/mol. The van der Waals surface area contributed by atoms with E-state index in [1.807, 2.05) is 0 Å². The molecule has 0 aliphatic carbocycles. The minimum absolute atomic E-state index is 0.0216. The van der Waals surface area contributed by atoms with Gasteiger partial charge in [0.15, 0.2) is 0 Å². The zero-order valence-corrected chi connectivity index (χ0v) is 8.95. The molecule has 1 aromatic rings. The molecule has 1 nitrogen and oxygen atoms in total. The first-order valence-corrected chi connectivity index (χ1v) is 4.65. The van der Waals surface area contributed by atoms with Crippen LogP contribution in [0, 0.1) is 0 Å². The SMILES string of the molecule is FC(Cl)(Cl)C(F)(Cl)Oc1ccccc1. The van der Waals surface area contributed by atoms with Gasteiger partial charge in [0, 0.05) is 0 Å². The highest BCUT2D eigenvalue weighted by atomic mass is 35.5. The van der Waals surface area contributed by atoms with Crippen LogP contribution in [0.2, 0.25) is 0 Å². The van der Waals surface area contributed by atoms with E-state index < -0.39 is 9.90 Å². The van der Waals surface area contributed by atoms with Gasteiger partial charge in [-0.2, -0.15) is 8.78 Å². The van der Waals surface area contributed by atoms with E-state index in [0.29, 0.717) is 0 Å². The number of para-hydroxylation sites is 1. The first-order chi connectivity index (χ1) is 6.33. The van der Waals surface area contributed by atoms with Gasteiger partial charge in [-0.25, -0.2) is 0 Å². The van der Waals surface area contributed by atoms with Gasteiger partial charge in [0.25, 0.3) is 0 Å². The highest BCUT2D eigenvalue weighted by molar-refractivity contribution is 6.51. The van der Waals surface area contributed by atoms with E-state index in [-0.39, 0.29) is 5.75 Å². The fourth-order valence-corrected chi connectivity index (χ4v) is 0.861. The molecular formula is C8H5Cl3F2O. The normalized spacial score (nSPS) is 16.1. The van der Waals surface area contributed by atoms with Crippen LogP contribution >= 0.6 is 34.8 Å². The van der Waals surface area contributed by atoms with E-state index in [1.165, 1.54) is 12.1 Å². The Morgan fingerprint density at radius 3 is 1.93 bits per heavy atom. The molecular weight excluding hydrogens is 256 g/mol. The molecule has 6 heteroatoms. The van der Waals surface area contributed by atoms with Gasteiger partial charge < -0.3 is 4.74 Å². The standard InChI is InChI=1S/C8H5Cl3F2O/c9-7(10,12)8(11,13)14-6-4-2-1-3-5-6/h1-5H. The number of ether oxygens (including phenoxy) is 1. The molecule has 0 bridgehead atoms. The fraction of sp³-hybridized carbons (Fsp3) is 0.250. The Bertz CT molecular complexity index is 297. The monoisotopic (exact) mass is 260 g/mol. The van der Waals surface area contributed by atoms with Crippen LogP contribution in [0.4, 0.5) is 8.78 Å². The summed E-state index contributed by atoms with van der Waals surface area (Å²) in [6, 6.07) is 7.56. The highest BCUT2D eigenvalue weighted by Crippen LogP contribution is 2.42. The molecule has 1 rings (SSSR count). The van der Waals surface area contributed by atoms with Gasteiger partial charge in [0.2, 0.25) is 0 Å². The van der Waals surface area contributed by atoms with Gasteiger partial charge in [0.1, 0.15) is 5.75 Å².